The van der Waals surface area contributed by atoms with Gasteiger partial charge in [-0.25, -0.2) is 4.79 Å². The highest BCUT2D eigenvalue weighted by Crippen LogP contribution is 2.35. The van der Waals surface area contributed by atoms with Gasteiger partial charge in [-0.3, -0.25) is 4.79 Å². The van der Waals surface area contributed by atoms with E-state index in [1.165, 1.54) is 18.2 Å². The molecule has 0 unspecified atom stereocenters. The van der Waals surface area contributed by atoms with E-state index in [0.717, 1.165) is 29.4 Å². The Morgan fingerprint density at radius 3 is 2.73 bits per heavy atom. The van der Waals surface area contributed by atoms with E-state index >= 15 is 0 Å². The number of aromatic nitrogens is 1. The van der Waals surface area contributed by atoms with Crippen molar-refractivity contribution in [3.63, 3.8) is 0 Å². The lowest BCUT2D eigenvalue weighted by atomic mass is 9.92. The van der Waals surface area contributed by atoms with Crippen molar-refractivity contribution in [3.8, 4) is 0 Å². The normalized spacial score (nSPS) is 13.7. The number of carbonyl (C=O) groups excluding carboxylic acids is 2. The van der Waals surface area contributed by atoms with Crippen LogP contribution in [0, 0.1) is 6.92 Å². The topological polar surface area (TPSA) is 48.3 Å². The zero-order valence-corrected chi connectivity index (χ0v) is 15.0. The van der Waals surface area contributed by atoms with Gasteiger partial charge in [-0.2, -0.15) is 0 Å². The first-order valence-corrected chi connectivity index (χ1v) is 8.91. The standard InChI is InChI=1S/C22H21NO3/c1-14-6-3-7-15(12-14)13-23-17-9-4-8-16(22(25)26-2)20(17)21-18(23)10-5-11-19(21)24/h3-4,6-9,12H,5,10-11,13H2,1-2H3. The lowest BCUT2D eigenvalue weighted by Crippen LogP contribution is -2.14. The molecule has 4 rings (SSSR count). The summed E-state index contributed by atoms with van der Waals surface area (Å²) in [6.07, 6.45) is 2.23. The monoisotopic (exact) mass is 347 g/mol. The third-order valence-electron chi connectivity index (χ3n) is 5.12. The summed E-state index contributed by atoms with van der Waals surface area (Å²) in [7, 11) is 1.37. The summed E-state index contributed by atoms with van der Waals surface area (Å²) < 4.78 is 7.15. The summed E-state index contributed by atoms with van der Waals surface area (Å²) in [5, 5.41) is 0.742. The van der Waals surface area contributed by atoms with Gasteiger partial charge in [0.15, 0.2) is 5.78 Å². The Bertz CT molecular complexity index is 1030. The van der Waals surface area contributed by atoms with Gasteiger partial charge in [0.2, 0.25) is 0 Å². The van der Waals surface area contributed by atoms with Gasteiger partial charge in [-0.1, -0.05) is 35.9 Å². The molecular formula is C22H21NO3. The molecule has 0 saturated carbocycles. The predicted octanol–water partition coefficient (Wildman–Crippen LogP) is 4.30. The quantitative estimate of drug-likeness (QED) is 0.664. The number of hydrogen-bond acceptors (Lipinski definition) is 3. The number of hydrogen-bond donors (Lipinski definition) is 0. The first kappa shape index (κ1) is 16.6. The average molecular weight is 347 g/mol. The molecule has 0 radical (unpaired) electrons. The third kappa shape index (κ3) is 2.62. The molecule has 3 aromatic rings. The molecular weight excluding hydrogens is 326 g/mol. The number of ether oxygens (including phenoxy) is 1. The van der Waals surface area contributed by atoms with Crippen molar-refractivity contribution < 1.29 is 14.3 Å². The van der Waals surface area contributed by atoms with E-state index in [4.69, 9.17) is 4.74 Å². The smallest absolute Gasteiger partial charge is 0.338 e. The van der Waals surface area contributed by atoms with E-state index in [1.54, 1.807) is 6.07 Å². The molecule has 1 aliphatic carbocycles. The van der Waals surface area contributed by atoms with Gasteiger partial charge in [-0.15, -0.1) is 0 Å². The number of benzene rings is 2. The van der Waals surface area contributed by atoms with Crippen molar-refractivity contribution in [2.75, 3.05) is 7.11 Å². The number of Topliss-reactive ketones (excluding diaryl/α,β-unsaturated/α-hetero) is 1. The SMILES string of the molecule is COC(=O)c1cccc2c1c1c(n2Cc2cccc(C)c2)CCCC1=O. The van der Waals surface area contributed by atoms with Gasteiger partial charge in [0, 0.05) is 29.6 Å². The summed E-state index contributed by atoms with van der Waals surface area (Å²) in [4.78, 5) is 25.0. The van der Waals surface area contributed by atoms with Crippen LogP contribution in [0.1, 0.15) is 50.4 Å². The minimum Gasteiger partial charge on any atom is -0.465 e. The van der Waals surface area contributed by atoms with E-state index in [1.807, 2.05) is 18.2 Å². The highest BCUT2D eigenvalue weighted by molar-refractivity contribution is 6.16. The van der Waals surface area contributed by atoms with Crippen LogP contribution in [-0.4, -0.2) is 23.4 Å². The lowest BCUT2D eigenvalue weighted by Gasteiger charge is -2.15. The molecule has 0 fully saturated rings. The number of aryl methyl sites for hydroxylation is 1. The minimum absolute atomic E-state index is 0.121. The maximum absolute atomic E-state index is 12.7. The highest BCUT2D eigenvalue weighted by Gasteiger charge is 2.28. The van der Waals surface area contributed by atoms with Crippen molar-refractivity contribution in [2.45, 2.75) is 32.7 Å². The van der Waals surface area contributed by atoms with Crippen molar-refractivity contribution in [1.82, 2.24) is 4.57 Å². The van der Waals surface area contributed by atoms with Gasteiger partial charge in [0.25, 0.3) is 0 Å². The highest BCUT2D eigenvalue weighted by atomic mass is 16.5. The third-order valence-corrected chi connectivity index (χ3v) is 5.12. The van der Waals surface area contributed by atoms with Gasteiger partial charge >= 0.3 is 5.97 Å². The maximum atomic E-state index is 12.7. The van der Waals surface area contributed by atoms with Crippen molar-refractivity contribution in [3.05, 3.63) is 70.4 Å². The summed E-state index contributed by atoms with van der Waals surface area (Å²) in [6.45, 7) is 2.76. The number of methoxy groups -OCH3 is 1. The Labute approximate surface area is 152 Å². The van der Waals surface area contributed by atoms with Crippen LogP contribution >= 0.6 is 0 Å². The molecule has 4 heteroatoms. The Morgan fingerprint density at radius 2 is 1.96 bits per heavy atom. The second kappa shape index (κ2) is 6.45. The molecule has 1 heterocycles. The van der Waals surface area contributed by atoms with Crippen LogP contribution < -0.4 is 0 Å². The number of ketones is 1. The molecule has 0 amide bonds. The number of nitrogens with zero attached hydrogens (tertiary/aromatic N) is 1. The van der Waals surface area contributed by atoms with Crippen LogP contribution in [0.15, 0.2) is 42.5 Å². The molecule has 0 atom stereocenters. The fourth-order valence-electron chi connectivity index (χ4n) is 4.01. The molecule has 1 aliphatic rings. The molecule has 2 aromatic carbocycles. The van der Waals surface area contributed by atoms with Crippen molar-refractivity contribution in [2.24, 2.45) is 0 Å². The van der Waals surface area contributed by atoms with Gasteiger partial charge < -0.3 is 9.30 Å². The fourth-order valence-corrected chi connectivity index (χ4v) is 4.01. The van der Waals surface area contributed by atoms with E-state index in [9.17, 15) is 9.59 Å². The van der Waals surface area contributed by atoms with Crippen LogP contribution in [0.3, 0.4) is 0 Å². The maximum Gasteiger partial charge on any atom is 0.338 e. The number of carbonyl (C=O) groups is 2. The van der Waals surface area contributed by atoms with Crippen LogP contribution in [-0.2, 0) is 17.7 Å². The number of fused-ring (bicyclic) bond motifs is 3. The summed E-state index contributed by atoms with van der Waals surface area (Å²) >= 11 is 0. The zero-order valence-electron chi connectivity index (χ0n) is 15.0. The van der Waals surface area contributed by atoms with E-state index in [0.29, 0.717) is 24.1 Å². The summed E-state index contributed by atoms with van der Waals surface area (Å²) in [5.74, 6) is -0.278. The average Bonchev–Trinajstić information content (AvgIpc) is 2.96. The predicted molar refractivity (Wildman–Crippen MR) is 101 cm³/mol. The molecule has 0 spiro atoms. The molecule has 26 heavy (non-hydrogen) atoms. The molecule has 0 aliphatic heterocycles. The van der Waals surface area contributed by atoms with Crippen LogP contribution in [0.25, 0.3) is 10.9 Å². The van der Waals surface area contributed by atoms with Crippen molar-refractivity contribution in [1.29, 1.82) is 0 Å². The Hall–Kier alpha value is -2.88. The molecule has 132 valence electrons. The van der Waals surface area contributed by atoms with Crippen LogP contribution in [0.4, 0.5) is 0 Å². The molecule has 0 bridgehead atoms. The molecule has 0 saturated heterocycles. The Kier molecular flexibility index (Phi) is 4.11. The zero-order chi connectivity index (χ0) is 18.3. The van der Waals surface area contributed by atoms with Gasteiger partial charge in [-0.05, 0) is 37.5 Å². The van der Waals surface area contributed by atoms with E-state index in [-0.39, 0.29) is 5.78 Å². The lowest BCUT2D eigenvalue weighted by molar-refractivity contribution is 0.0603. The summed E-state index contributed by atoms with van der Waals surface area (Å²) in [6, 6.07) is 14.0. The second-order valence-corrected chi connectivity index (χ2v) is 6.86. The van der Waals surface area contributed by atoms with E-state index < -0.39 is 5.97 Å². The van der Waals surface area contributed by atoms with Gasteiger partial charge in [0.05, 0.1) is 18.2 Å². The van der Waals surface area contributed by atoms with Crippen LogP contribution in [0.2, 0.25) is 0 Å². The number of esters is 1. The first-order chi connectivity index (χ1) is 12.6. The molecule has 0 N–H and O–H groups in total. The largest absolute Gasteiger partial charge is 0.465 e. The Morgan fingerprint density at radius 1 is 1.15 bits per heavy atom. The van der Waals surface area contributed by atoms with Crippen molar-refractivity contribution >= 4 is 22.7 Å². The van der Waals surface area contributed by atoms with Gasteiger partial charge in [0.1, 0.15) is 0 Å². The Balaban J connectivity index is 1.98. The number of rotatable bonds is 3. The second-order valence-electron chi connectivity index (χ2n) is 6.86. The van der Waals surface area contributed by atoms with E-state index in [2.05, 4.69) is 29.7 Å². The molecule has 1 aromatic heterocycles. The first-order valence-electron chi connectivity index (χ1n) is 8.91. The summed E-state index contributed by atoms with van der Waals surface area (Å²) in [5.41, 5.74) is 5.54. The fraction of sp³-hybridized carbons (Fsp3) is 0.273. The van der Waals surface area contributed by atoms with Crippen LogP contribution in [0.5, 0.6) is 0 Å². The molecule has 4 nitrogen and oxygen atoms in total. The minimum atomic E-state index is -0.399.